The first-order valence-corrected chi connectivity index (χ1v) is 15.6. The molecule has 0 radical (unpaired) electrons. The van der Waals surface area contributed by atoms with Gasteiger partial charge in [-0.05, 0) is 98.4 Å². The Kier molecular flexibility index (Phi) is 7.79. The molecule has 3 fully saturated rings. The fraction of sp³-hybridized carbons (Fsp3) is 0.818. The van der Waals surface area contributed by atoms with Gasteiger partial charge < -0.3 is 14.8 Å². The summed E-state index contributed by atoms with van der Waals surface area (Å²) in [5.74, 6) is 4.49. The molecule has 38 heavy (non-hydrogen) atoms. The minimum atomic E-state index is -0.0219. The number of rotatable bonds is 8. The van der Waals surface area contributed by atoms with Crippen LogP contribution in [0.2, 0.25) is 0 Å². The molecule has 0 aromatic heterocycles. The lowest BCUT2D eigenvalue weighted by Gasteiger charge is -2.58. The standard InChI is InChI=1S/C33H51NO4/c1-7-8-30(36)37-24-13-15-32(5)23(17-24)10-11-25-26(32)14-16-33(6)27(25)18-29-31(33)21(3)28(38-29)12-9-20(2)19-34-22(4)35/h10,20,24-27,29,31H,7-9,11-19H2,1-6H3,(H,34,35)/t20-,24+,25+,26-,27-,29+,31-,32+,33+/m1/s1. The molecular weight excluding hydrogens is 474 g/mol. The highest BCUT2D eigenvalue weighted by Gasteiger charge is 2.63. The van der Waals surface area contributed by atoms with Crippen LogP contribution in [0.3, 0.4) is 0 Å². The van der Waals surface area contributed by atoms with E-state index in [-0.39, 0.29) is 23.4 Å². The number of carbonyl (C=O) groups excluding carboxylic acids is 2. The Morgan fingerprint density at radius 2 is 2.00 bits per heavy atom. The third-order valence-corrected chi connectivity index (χ3v) is 11.6. The fourth-order valence-electron chi connectivity index (χ4n) is 9.56. The summed E-state index contributed by atoms with van der Waals surface area (Å²) in [5.41, 5.74) is 3.67. The van der Waals surface area contributed by atoms with Crippen molar-refractivity contribution in [1.82, 2.24) is 5.32 Å². The van der Waals surface area contributed by atoms with Gasteiger partial charge >= 0.3 is 5.97 Å². The zero-order valence-electron chi connectivity index (χ0n) is 24.7. The fourth-order valence-corrected chi connectivity index (χ4v) is 9.56. The van der Waals surface area contributed by atoms with Crippen LogP contribution in [0, 0.1) is 40.4 Å². The molecule has 5 nitrogen and oxygen atoms in total. The van der Waals surface area contributed by atoms with Crippen LogP contribution >= 0.6 is 0 Å². The third kappa shape index (κ3) is 4.85. The minimum absolute atomic E-state index is 0.0219. The SMILES string of the molecule is CCCC(=O)O[C@H]1CC[C@@]2(C)C(=CC[C@@H]3[C@H]4C[C@@H]5OC(CC[C@@H](C)CNC(C)=O)=C(C)[C@H]5[C@@]4(C)CC[C@H]32)C1. The summed E-state index contributed by atoms with van der Waals surface area (Å²) < 4.78 is 12.6. The van der Waals surface area contributed by atoms with Gasteiger partial charge in [0.2, 0.25) is 5.91 Å². The molecule has 4 aliphatic carbocycles. The highest BCUT2D eigenvalue weighted by Crippen LogP contribution is 2.69. The molecule has 1 N–H and O–H groups in total. The van der Waals surface area contributed by atoms with Crippen molar-refractivity contribution >= 4 is 11.9 Å². The predicted molar refractivity (Wildman–Crippen MR) is 150 cm³/mol. The Labute approximate surface area is 230 Å². The molecular formula is C33H51NO4. The normalized spacial score (nSPS) is 40.2. The van der Waals surface area contributed by atoms with Gasteiger partial charge in [0.1, 0.15) is 12.2 Å². The lowest BCUT2D eigenvalue weighted by atomic mass is 9.47. The monoisotopic (exact) mass is 525 g/mol. The lowest BCUT2D eigenvalue weighted by Crippen LogP contribution is -2.50. The molecule has 0 saturated heterocycles. The maximum atomic E-state index is 12.1. The van der Waals surface area contributed by atoms with E-state index in [1.54, 1.807) is 12.5 Å². The van der Waals surface area contributed by atoms with Gasteiger partial charge in [-0.3, -0.25) is 9.59 Å². The van der Waals surface area contributed by atoms with Crippen LogP contribution in [0.25, 0.3) is 0 Å². The van der Waals surface area contributed by atoms with Gasteiger partial charge in [-0.2, -0.15) is 0 Å². The third-order valence-electron chi connectivity index (χ3n) is 11.6. The van der Waals surface area contributed by atoms with Crippen LogP contribution in [-0.2, 0) is 19.1 Å². The van der Waals surface area contributed by atoms with Crippen molar-refractivity contribution in [2.45, 2.75) is 124 Å². The summed E-state index contributed by atoms with van der Waals surface area (Å²) in [6, 6.07) is 0. The predicted octanol–water partition coefficient (Wildman–Crippen LogP) is 7.11. The number of esters is 1. The van der Waals surface area contributed by atoms with E-state index in [0.717, 1.165) is 62.8 Å². The first kappa shape index (κ1) is 27.8. The second-order valence-corrected chi connectivity index (χ2v) is 14.0. The quantitative estimate of drug-likeness (QED) is 0.271. The highest BCUT2D eigenvalue weighted by molar-refractivity contribution is 5.72. The van der Waals surface area contributed by atoms with Gasteiger partial charge in [-0.15, -0.1) is 0 Å². The molecule has 5 rings (SSSR count). The van der Waals surface area contributed by atoms with Gasteiger partial charge in [-0.25, -0.2) is 0 Å². The van der Waals surface area contributed by atoms with Crippen LogP contribution in [0.4, 0.5) is 0 Å². The van der Waals surface area contributed by atoms with Gasteiger partial charge in [0.25, 0.3) is 0 Å². The van der Waals surface area contributed by atoms with Crippen LogP contribution in [0.15, 0.2) is 23.0 Å². The summed E-state index contributed by atoms with van der Waals surface area (Å²) >= 11 is 0. The van der Waals surface area contributed by atoms with E-state index < -0.39 is 0 Å². The first-order valence-electron chi connectivity index (χ1n) is 15.6. The van der Waals surface area contributed by atoms with Crippen molar-refractivity contribution in [1.29, 1.82) is 0 Å². The molecule has 5 aliphatic rings. The van der Waals surface area contributed by atoms with E-state index in [0.29, 0.717) is 29.8 Å². The van der Waals surface area contributed by atoms with Crippen LogP contribution < -0.4 is 5.32 Å². The lowest BCUT2D eigenvalue weighted by molar-refractivity contribution is -0.151. The number of carbonyl (C=O) groups is 2. The van der Waals surface area contributed by atoms with Crippen molar-refractivity contribution in [3.63, 3.8) is 0 Å². The number of ether oxygens (including phenoxy) is 2. The number of fused-ring (bicyclic) bond motifs is 7. The molecule has 3 saturated carbocycles. The van der Waals surface area contributed by atoms with Crippen molar-refractivity contribution in [2.75, 3.05) is 6.54 Å². The van der Waals surface area contributed by atoms with Crippen LogP contribution in [0.5, 0.6) is 0 Å². The van der Waals surface area contributed by atoms with Crippen molar-refractivity contribution in [3.8, 4) is 0 Å². The van der Waals surface area contributed by atoms with Crippen LogP contribution in [-0.4, -0.2) is 30.6 Å². The zero-order chi connectivity index (χ0) is 27.2. The Morgan fingerprint density at radius 1 is 1.21 bits per heavy atom. The largest absolute Gasteiger partial charge is 0.494 e. The van der Waals surface area contributed by atoms with Crippen LogP contribution in [0.1, 0.15) is 112 Å². The molecule has 0 spiro atoms. The van der Waals surface area contributed by atoms with E-state index >= 15 is 0 Å². The summed E-state index contributed by atoms with van der Waals surface area (Å²) in [5, 5.41) is 2.96. The second kappa shape index (κ2) is 10.7. The summed E-state index contributed by atoms with van der Waals surface area (Å²) in [6.07, 6.45) is 14.5. The summed E-state index contributed by atoms with van der Waals surface area (Å²) in [6.45, 7) is 14.0. The molecule has 212 valence electrons. The molecule has 0 aromatic rings. The Balaban J connectivity index is 1.26. The number of allylic oxidation sites excluding steroid dienone is 2. The average molecular weight is 526 g/mol. The molecule has 0 unspecified atom stereocenters. The smallest absolute Gasteiger partial charge is 0.306 e. The number of hydrogen-bond acceptors (Lipinski definition) is 4. The molecule has 0 bridgehead atoms. The maximum absolute atomic E-state index is 12.1. The van der Waals surface area contributed by atoms with E-state index in [1.165, 1.54) is 37.0 Å². The molecule has 0 aromatic carbocycles. The van der Waals surface area contributed by atoms with Gasteiger partial charge in [0.15, 0.2) is 0 Å². The number of amides is 1. The van der Waals surface area contributed by atoms with E-state index in [1.807, 2.05) is 6.92 Å². The number of nitrogens with one attached hydrogen (secondary N) is 1. The average Bonchev–Trinajstić information content (AvgIpc) is 3.34. The second-order valence-electron chi connectivity index (χ2n) is 14.0. The Hall–Kier alpha value is -1.78. The molecule has 1 aliphatic heterocycles. The number of hydrogen-bond donors (Lipinski definition) is 1. The van der Waals surface area contributed by atoms with E-state index in [9.17, 15) is 9.59 Å². The van der Waals surface area contributed by atoms with Gasteiger partial charge in [0, 0.05) is 38.6 Å². The molecule has 1 heterocycles. The maximum Gasteiger partial charge on any atom is 0.306 e. The zero-order valence-corrected chi connectivity index (χ0v) is 24.7. The molecule has 1 amide bonds. The van der Waals surface area contributed by atoms with Crippen molar-refractivity contribution in [2.24, 2.45) is 40.4 Å². The minimum Gasteiger partial charge on any atom is -0.494 e. The molecule has 5 heteroatoms. The Bertz CT molecular complexity index is 999. The highest BCUT2D eigenvalue weighted by atomic mass is 16.5. The topological polar surface area (TPSA) is 64.6 Å². The summed E-state index contributed by atoms with van der Waals surface area (Å²) in [4.78, 5) is 23.4. The van der Waals surface area contributed by atoms with E-state index in [2.05, 4.69) is 39.1 Å². The molecule has 9 atom stereocenters. The Morgan fingerprint density at radius 3 is 2.74 bits per heavy atom. The van der Waals surface area contributed by atoms with Gasteiger partial charge in [-0.1, -0.05) is 39.3 Å². The van der Waals surface area contributed by atoms with Crippen molar-refractivity contribution in [3.05, 3.63) is 23.0 Å². The van der Waals surface area contributed by atoms with Crippen molar-refractivity contribution < 1.29 is 19.1 Å². The first-order chi connectivity index (χ1) is 18.1. The van der Waals surface area contributed by atoms with Gasteiger partial charge in [0.05, 0.1) is 5.76 Å². The van der Waals surface area contributed by atoms with E-state index in [4.69, 9.17) is 9.47 Å². The summed E-state index contributed by atoms with van der Waals surface area (Å²) in [7, 11) is 0.